The highest BCUT2D eigenvalue weighted by molar-refractivity contribution is 5.59. The molecule has 0 saturated heterocycles. The van der Waals surface area contributed by atoms with Crippen molar-refractivity contribution in [2.75, 3.05) is 0 Å². The van der Waals surface area contributed by atoms with Crippen molar-refractivity contribution >= 4 is 5.52 Å². The van der Waals surface area contributed by atoms with E-state index in [1.165, 1.54) is 17.7 Å². The fraction of sp³-hybridized carbons (Fsp3) is 0.458. The van der Waals surface area contributed by atoms with Crippen molar-refractivity contribution in [3.8, 4) is 0 Å². The van der Waals surface area contributed by atoms with Crippen molar-refractivity contribution in [1.29, 1.82) is 0 Å². The Morgan fingerprint density at radius 2 is 1.60 bits per heavy atom. The molecule has 2 aromatic heterocycles. The van der Waals surface area contributed by atoms with Crippen LogP contribution in [-0.4, -0.2) is 14.5 Å². The third-order valence-corrected chi connectivity index (χ3v) is 6.91. The molecule has 1 unspecified atom stereocenters. The Balaban J connectivity index is 1.38. The third kappa shape index (κ3) is 3.51. The molecule has 2 saturated carbocycles. The molecule has 2 aliphatic rings. The van der Waals surface area contributed by atoms with E-state index in [0.29, 0.717) is 24.3 Å². The number of fused-ring (bicyclic) bond motifs is 1. The van der Waals surface area contributed by atoms with E-state index in [0.717, 1.165) is 36.8 Å². The van der Waals surface area contributed by atoms with Gasteiger partial charge in [0.2, 0.25) is 0 Å². The molecular weight excluding hydrogens is 389 g/mol. The van der Waals surface area contributed by atoms with Crippen molar-refractivity contribution < 1.29 is 18.3 Å². The summed E-state index contributed by atoms with van der Waals surface area (Å²) < 4.78 is 42.2. The number of nitrogens with zero attached hydrogens (tertiary/aromatic N) is 2. The maximum absolute atomic E-state index is 13.4. The van der Waals surface area contributed by atoms with E-state index in [4.69, 9.17) is 0 Å². The second kappa shape index (κ2) is 7.41. The first-order valence-electron chi connectivity index (χ1n) is 10.7. The van der Waals surface area contributed by atoms with Gasteiger partial charge in [0.25, 0.3) is 0 Å². The molecule has 2 heterocycles. The van der Waals surface area contributed by atoms with E-state index in [9.17, 15) is 18.3 Å². The van der Waals surface area contributed by atoms with Crippen molar-refractivity contribution in [3.63, 3.8) is 0 Å². The zero-order valence-electron chi connectivity index (χ0n) is 16.6. The minimum absolute atomic E-state index is 0.0536. The van der Waals surface area contributed by atoms with Gasteiger partial charge >= 0.3 is 6.18 Å². The summed E-state index contributed by atoms with van der Waals surface area (Å²) in [5, 5.41) is 11.3. The fourth-order valence-corrected chi connectivity index (χ4v) is 5.20. The van der Waals surface area contributed by atoms with Crippen molar-refractivity contribution in [3.05, 3.63) is 71.3 Å². The Morgan fingerprint density at radius 3 is 2.30 bits per heavy atom. The molecule has 3 aromatic rings. The van der Waals surface area contributed by atoms with Gasteiger partial charge in [-0.25, -0.2) is 4.98 Å². The van der Waals surface area contributed by atoms with Gasteiger partial charge in [0.1, 0.15) is 0 Å². The lowest BCUT2D eigenvalue weighted by Crippen LogP contribution is -2.22. The van der Waals surface area contributed by atoms with Crippen LogP contribution in [0.4, 0.5) is 13.2 Å². The highest BCUT2D eigenvalue weighted by Gasteiger charge is 2.38. The summed E-state index contributed by atoms with van der Waals surface area (Å²) in [6, 6.07) is 8.03. The molecule has 30 heavy (non-hydrogen) atoms. The number of aliphatic hydroxyl groups excluding tert-OH is 1. The van der Waals surface area contributed by atoms with E-state index < -0.39 is 17.8 Å². The van der Waals surface area contributed by atoms with Gasteiger partial charge < -0.3 is 9.51 Å². The molecule has 2 fully saturated rings. The molecule has 0 radical (unpaired) electrons. The summed E-state index contributed by atoms with van der Waals surface area (Å²) in [6.45, 7) is 0. The fourth-order valence-electron chi connectivity index (χ4n) is 5.20. The summed E-state index contributed by atoms with van der Waals surface area (Å²) in [6.07, 6.45) is 5.65. The van der Waals surface area contributed by atoms with E-state index in [1.54, 1.807) is 24.7 Å². The molecule has 0 bridgehead atoms. The average molecular weight is 414 g/mol. The second-order valence-electron chi connectivity index (χ2n) is 8.79. The maximum Gasteiger partial charge on any atom is 0.416 e. The first-order chi connectivity index (χ1) is 14.4. The van der Waals surface area contributed by atoms with Crippen LogP contribution in [-0.2, 0) is 6.18 Å². The number of hydrogen-bond donors (Lipinski definition) is 1. The smallest absolute Gasteiger partial charge is 0.388 e. The highest BCUT2D eigenvalue weighted by Crippen LogP contribution is 2.48. The zero-order chi connectivity index (χ0) is 20.9. The van der Waals surface area contributed by atoms with Crippen LogP contribution in [0.1, 0.15) is 78.7 Å². The predicted molar refractivity (Wildman–Crippen MR) is 108 cm³/mol. The summed E-state index contributed by atoms with van der Waals surface area (Å²) in [7, 11) is 0. The molecule has 3 nitrogen and oxygen atoms in total. The minimum atomic E-state index is -4.33. The number of imidazole rings is 1. The number of pyridine rings is 1. The number of hydrogen-bond acceptors (Lipinski definition) is 2. The van der Waals surface area contributed by atoms with Gasteiger partial charge in [-0.2, -0.15) is 13.2 Å². The molecule has 0 aliphatic heterocycles. The molecule has 1 aromatic carbocycles. The number of aromatic nitrogens is 2. The van der Waals surface area contributed by atoms with Gasteiger partial charge in [-0.1, -0.05) is 18.2 Å². The quantitative estimate of drug-likeness (QED) is 0.549. The van der Waals surface area contributed by atoms with Crippen LogP contribution in [0, 0.1) is 5.92 Å². The van der Waals surface area contributed by atoms with Crippen LogP contribution in [0.3, 0.4) is 0 Å². The number of aliphatic hydroxyl groups is 1. The number of alkyl halides is 3. The SMILES string of the molecule is OC(c1c(C2CC2)ccn2cncc12)C1CCC(c2ccccc2C(F)(F)F)CC1. The molecule has 2 aliphatic carbocycles. The van der Waals surface area contributed by atoms with Crippen molar-refractivity contribution in [2.45, 2.75) is 62.6 Å². The van der Waals surface area contributed by atoms with Crippen LogP contribution in [0.2, 0.25) is 0 Å². The molecule has 6 heteroatoms. The van der Waals surface area contributed by atoms with Gasteiger partial charge in [-0.15, -0.1) is 0 Å². The maximum atomic E-state index is 13.4. The normalized spacial score (nSPS) is 23.6. The number of rotatable bonds is 4. The Bertz CT molecular complexity index is 1050. The summed E-state index contributed by atoms with van der Waals surface area (Å²) in [5.41, 5.74) is 3.00. The predicted octanol–water partition coefficient (Wildman–Crippen LogP) is 6.24. The van der Waals surface area contributed by atoms with Crippen LogP contribution >= 0.6 is 0 Å². The van der Waals surface area contributed by atoms with Gasteiger partial charge in [0.15, 0.2) is 0 Å². The van der Waals surface area contributed by atoms with Crippen LogP contribution < -0.4 is 0 Å². The molecule has 1 atom stereocenters. The zero-order valence-corrected chi connectivity index (χ0v) is 16.6. The topological polar surface area (TPSA) is 37.5 Å². The van der Waals surface area contributed by atoms with Crippen molar-refractivity contribution in [2.24, 2.45) is 5.92 Å². The van der Waals surface area contributed by atoms with Crippen LogP contribution in [0.15, 0.2) is 49.1 Å². The van der Waals surface area contributed by atoms with E-state index in [1.807, 2.05) is 10.6 Å². The highest BCUT2D eigenvalue weighted by atomic mass is 19.4. The molecule has 1 N–H and O–H groups in total. The molecular formula is C24H25F3N2O. The first-order valence-corrected chi connectivity index (χ1v) is 10.7. The van der Waals surface area contributed by atoms with Gasteiger partial charge in [-0.3, -0.25) is 0 Å². The molecule has 0 amide bonds. The standard InChI is InChI=1S/C24H25F3N2O/c25-24(26,27)20-4-2-1-3-18(20)15-7-9-17(10-8-15)23(30)22-19(16-5-6-16)11-12-29-14-28-13-21(22)29/h1-4,11-17,23,30H,5-10H2. The summed E-state index contributed by atoms with van der Waals surface area (Å²) >= 11 is 0. The Labute approximate surface area is 173 Å². The van der Waals surface area contributed by atoms with E-state index in [-0.39, 0.29) is 11.8 Å². The lowest BCUT2D eigenvalue weighted by atomic mass is 9.74. The molecule has 0 spiro atoms. The minimum Gasteiger partial charge on any atom is -0.388 e. The molecule has 5 rings (SSSR count). The molecule has 158 valence electrons. The lowest BCUT2D eigenvalue weighted by Gasteiger charge is -2.33. The Kier molecular flexibility index (Phi) is 4.85. The van der Waals surface area contributed by atoms with Gasteiger partial charge in [0, 0.05) is 11.8 Å². The average Bonchev–Trinajstić information content (AvgIpc) is 3.48. The van der Waals surface area contributed by atoms with E-state index in [2.05, 4.69) is 11.1 Å². The third-order valence-electron chi connectivity index (χ3n) is 6.91. The monoisotopic (exact) mass is 414 g/mol. The largest absolute Gasteiger partial charge is 0.416 e. The summed E-state index contributed by atoms with van der Waals surface area (Å²) in [5.74, 6) is 0.447. The summed E-state index contributed by atoms with van der Waals surface area (Å²) in [4.78, 5) is 4.24. The number of benzene rings is 1. The number of halogens is 3. The van der Waals surface area contributed by atoms with Gasteiger partial charge in [-0.05, 0) is 79.5 Å². The van der Waals surface area contributed by atoms with E-state index >= 15 is 0 Å². The van der Waals surface area contributed by atoms with Crippen LogP contribution in [0.25, 0.3) is 5.52 Å². The first kappa shape index (κ1) is 19.6. The Hall–Kier alpha value is -2.34. The Morgan fingerprint density at radius 1 is 0.933 bits per heavy atom. The van der Waals surface area contributed by atoms with Gasteiger partial charge in [0.05, 0.1) is 29.7 Å². The van der Waals surface area contributed by atoms with Crippen molar-refractivity contribution in [1.82, 2.24) is 9.38 Å². The lowest BCUT2D eigenvalue weighted by molar-refractivity contribution is -0.138. The van der Waals surface area contributed by atoms with Crippen LogP contribution in [0.5, 0.6) is 0 Å². The second-order valence-corrected chi connectivity index (χ2v) is 8.79.